The highest BCUT2D eigenvalue weighted by Gasteiger charge is 2.13. The molecule has 1 aliphatic rings. The van der Waals surface area contributed by atoms with Crippen molar-refractivity contribution in [2.45, 2.75) is 18.9 Å². The summed E-state index contributed by atoms with van der Waals surface area (Å²) in [6.07, 6.45) is 1.49. The number of hydrogen-bond acceptors (Lipinski definition) is 3. The van der Waals surface area contributed by atoms with Crippen molar-refractivity contribution in [1.29, 1.82) is 0 Å². The molecule has 1 aliphatic heterocycles. The normalized spacial score (nSPS) is 14.8. The van der Waals surface area contributed by atoms with E-state index in [1.165, 1.54) is 5.56 Å². The van der Waals surface area contributed by atoms with Crippen molar-refractivity contribution in [3.05, 3.63) is 39.8 Å². The van der Waals surface area contributed by atoms with E-state index in [2.05, 4.69) is 16.1 Å². The van der Waals surface area contributed by atoms with Crippen LogP contribution in [0.4, 0.5) is 0 Å². The minimum Gasteiger partial charge on any atom is -0.493 e. The third kappa shape index (κ3) is 2.27. The first kappa shape index (κ1) is 10.8. The predicted octanol–water partition coefficient (Wildman–Crippen LogP) is 1.84. The summed E-state index contributed by atoms with van der Waals surface area (Å²) in [6.45, 7) is 0.607. The molecule has 1 N–H and O–H groups in total. The first-order chi connectivity index (χ1) is 7.83. The molecule has 1 atom stereocenters. The first-order valence-electron chi connectivity index (χ1n) is 5.23. The van der Waals surface area contributed by atoms with Crippen molar-refractivity contribution in [2.24, 2.45) is 5.11 Å². The molecule has 1 aromatic rings. The fraction of sp³-hybridized carbons (Fsp3) is 0.455. The van der Waals surface area contributed by atoms with E-state index in [4.69, 9.17) is 15.4 Å². The Balaban J connectivity index is 2.12. The van der Waals surface area contributed by atoms with Gasteiger partial charge in [-0.15, -0.1) is 0 Å². The maximum Gasteiger partial charge on any atom is 0.122 e. The molecule has 0 radical (unpaired) electrons. The van der Waals surface area contributed by atoms with Crippen LogP contribution in [-0.2, 0) is 12.8 Å². The summed E-state index contributed by atoms with van der Waals surface area (Å²) >= 11 is 0. The van der Waals surface area contributed by atoms with Crippen LogP contribution in [0.3, 0.4) is 0 Å². The summed E-state index contributed by atoms with van der Waals surface area (Å²) in [5, 5.41) is 12.6. The Morgan fingerprint density at radius 2 is 2.44 bits per heavy atom. The second-order valence-corrected chi connectivity index (χ2v) is 3.79. The van der Waals surface area contributed by atoms with Gasteiger partial charge >= 0.3 is 0 Å². The molecule has 5 nitrogen and oxygen atoms in total. The van der Waals surface area contributed by atoms with Crippen LogP contribution in [0.25, 0.3) is 10.4 Å². The Morgan fingerprint density at radius 1 is 1.56 bits per heavy atom. The van der Waals surface area contributed by atoms with Gasteiger partial charge in [-0.2, -0.15) is 0 Å². The predicted molar refractivity (Wildman–Crippen MR) is 59.4 cm³/mol. The fourth-order valence-corrected chi connectivity index (χ4v) is 1.85. The van der Waals surface area contributed by atoms with Crippen LogP contribution in [0, 0.1) is 0 Å². The Kier molecular flexibility index (Phi) is 3.29. The van der Waals surface area contributed by atoms with Crippen LogP contribution in [0.2, 0.25) is 0 Å². The number of ether oxygens (including phenoxy) is 1. The van der Waals surface area contributed by atoms with Crippen LogP contribution in [-0.4, -0.2) is 24.4 Å². The highest BCUT2D eigenvalue weighted by Crippen LogP contribution is 2.26. The number of aliphatic hydroxyl groups is 1. The Hall–Kier alpha value is -1.71. The summed E-state index contributed by atoms with van der Waals surface area (Å²) in [6, 6.07) is 5.55. The monoisotopic (exact) mass is 219 g/mol. The molecule has 0 spiro atoms. The van der Waals surface area contributed by atoms with Crippen molar-refractivity contribution in [3.63, 3.8) is 0 Å². The Labute approximate surface area is 93.3 Å². The standard InChI is InChI=1S/C11H13N3O2/c12-14-13-10(7-15)6-8-1-2-11-9(5-8)3-4-16-11/h1-2,5,10,15H,3-4,6-7H2. The number of benzene rings is 1. The van der Waals surface area contributed by atoms with E-state index in [1.54, 1.807) is 0 Å². The molecule has 5 heteroatoms. The highest BCUT2D eigenvalue weighted by molar-refractivity contribution is 5.40. The van der Waals surface area contributed by atoms with Crippen LogP contribution in [0.5, 0.6) is 5.75 Å². The fourth-order valence-electron chi connectivity index (χ4n) is 1.85. The molecule has 1 aromatic carbocycles. The van der Waals surface area contributed by atoms with Gasteiger partial charge in [0.15, 0.2) is 0 Å². The molecular formula is C11H13N3O2. The minimum absolute atomic E-state index is 0.127. The number of azide groups is 1. The smallest absolute Gasteiger partial charge is 0.122 e. The molecule has 0 aliphatic carbocycles. The number of nitrogens with zero attached hydrogens (tertiary/aromatic N) is 3. The Morgan fingerprint density at radius 3 is 3.19 bits per heavy atom. The van der Waals surface area contributed by atoms with Gasteiger partial charge in [0.2, 0.25) is 0 Å². The van der Waals surface area contributed by atoms with E-state index in [0.29, 0.717) is 6.42 Å². The van der Waals surface area contributed by atoms with Crippen LogP contribution in [0.1, 0.15) is 11.1 Å². The Bertz CT molecular complexity index is 427. The van der Waals surface area contributed by atoms with E-state index in [-0.39, 0.29) is 12.6 Å². The molecule has 0 fully saturated rings. The zero-order chi connectivity index (χ0) is 11.4. The van der Waals surface area contributed by atoms with Crippen LogP contribution < -0.4 is 4.74 Å². The zero-order valence-corrected chi connectivity index (χ0v) is 8.83. The van der Waals surface area contributed by atoms with Gasteiger partial charge in [-0.05, 0) is 29.1 Å². The largest absolute Gasteiger partial charge is 0.493 e. The summed E-state index contributed by atoms with van der Waals surface area (Å²) in [5.74, 6) is 0.938. The van der Waals surface area contributed by atoms with Gasteiger partial charge in [0.05, 0.1) is 19.3 Å². The van der Waals surface area contributed by atoms with E-state index in [0.717, 1.165) is 24.3 Å². The van der Waals surface area contributed by atoms with E-state index >= 15 is 0 Å². The van der Waals surface area contributed by atoms with Gasteiger partial charge in [0, 0.05) is 11.3 Å². The lowest BCUT2D eigenvalue weighted by Gasteiger charge is -2.08. The molecule has 84 valence electrons. The lowest BCUT2D eigenvalue weighted by atomic mass is 10.0. The zero-order valence-electron chi connectivity index (χ0n) is 8.83. The second kappa shape index (κ2) is 4.88. The number of hydrogen-bond donors (Lipinski definition) is 1. The average Bonchev–Trinajstić information content (AvgIpc) is 2.75. The van der Waals surface area contributed by atoms with Crippen molar-refractivity contribution in [1.82, 2.24) is 0 Å². The SMILES string of the molecule is [N-]=[N+]=NC(CO)Cc1ccc2c(c1)CCO2. The molecule has 16 heavy (non-hydrogen) atoms. The maximum atomic E-state index is 9.02. The van der Waals surface area contributed by atoms with Crippen molar-refractivity contribution in [2.75, 3.05) is 13.2 Å². The topological polar surface area (TPSA) is 78.2 Å². The maximum absolute atomic E-state index is 9.02. The van der Waals surface area contributed by atoms with E-state index in [1.807, 2.05) is 12.1 Å². The summed E-state index contributed by atoms with van der Waals surface area (Å²) < 4.78 is 5.40. The first-order valence-corrected chi connectivity index (χ1v) is 5.23. The summed E-state index contributed by atoms with van der Waals surface area (Å²) in [5.41, 5.74) is 10.6. The average molecular weight is 219 g/mol. The van der Waals surface area contributed by atoms with Gasteiger partial charge in [0.25, 0.3) is 0 Å². The third-order valence-electron chi connectivity index (χ3n) is 2.65. The van der Waals surface area contributed by atoms with Gasteiger partial charge in [-0.1, -0.05) is 17.2 Å². The van der Waals surface area contributed by atoms with E-state index in [9.17, 15) is 0 Å². The van der Waals surface area contributed by atoms with Crippen LogP contribution in [0.15, 0.2) is 23.3 Å². The van der Waals surface area contributed by atoms with Crippen molar-refractivity contribution < 1.29 is 9.84 Å². The number of rotatable bonds is 4. The van der Waals surface area contributed by atoms with Crippen molar-refractivity contribution >= 4 is 0 Å². The lowest BCUT2D eigenvalue weighted by molar-refractivity contribution is 0.265. The van der Waals surface area contributed by atoms with Gasteiger partial charge < -0.3 is 9.84 Å². The van der Waals surface area contributed by atoms with Gasteiger partial charge in [-0.3, -0.25) is 0 Å². The summed E-state index contributed by atoms with van der Waals surface area (Å²) in [7, 11) is 0. The molecule has 1 heterocycles. The number of fused-ring (bicyclic) bond motifs is 1. The van der Waals surface area contributed by atoms with Gasteiger partial charge in [-0.25, -0.2) is 0 Å². The quantitative estimate of drug-likeness (QED) is 0.476. The van der Waals surface area contributed by atoms with Crippen LogP contribution >= 0.6 is 0 Å². The second-order valence-electron chi connectivity index (χ2n) is 3.79. The molecule has 0 saturated heterocycles. The van der Waals surface area contributed by atoms with E-state index < -0.39 is 0 Å². The molecule has 1 unspecified atom stereocenters. The molecule has 0 saturated carbocycles. The number of aliphatic hydroxyl groups excluding tert-OH is 1. The van der Waals surface area contributed by atoms with Crippen molar-refractivity contribution in [3.8, 4) is 5.75 Å². The molecule has 0 aromatic heterocycles. The molecular weight excluding hydrogens is 206 g/mol. The molecule has 0 amide bonds. The third-order valence-corrected chi connectivity index (χ3v) is 2.65. The molecule has 2 rings (SSSR count). The minimum atomic E-state index is -0.384. The molecule has 0 bridgehead atoms. The lowest BCUT2D eigenvalue weighted by Crippen LogP contribution is -2.12. The highest BCUT2D eigenvalue weighted by atomic mass is 16.5. The van der Waals surface area contributed by atoms with Gasteiger partial charge in [0.1, 0.15) is 5.75 Å². The summed E-state index contributed by atoms with van der Waals surface area (Å²) in [4.78, 5) is 2.72.